The lowest BCUT2D eigenvalue weighted by molar-refractivity contribution is -0.183. The zero-order chi connectivity index (χ0) is 25.8. The summed E-state index contributed by atoms with van der Waals surface area (Å²) in [5.41, 5.74) is 6.49. The first kappa shape index (κ1) is 24.3. The number of rotatable bonds is 4. The van der Waals surface area contributed by atoms with Crippen molar-refractivity contribution in [2.24, 2.45) is 0 Å². The standard InChI is InChI=1S/C23H21ClF4N6O2/c24-13-3-4-17-15(6-13)21(12-9-32(10-12)22(36)14-7-19(29)30-8-16(14)25)31-34(17)11-20(35)33-5-1-2-18(33)23(26,27)28/h3-4,6-8,12,18H,1-2,5,9-11H2,(H2,29,30)/t18-/m0/s1. The molecule has 1 atom stereocenters. The van der Waals surface area contributed by atoms with Gasteiger partial charge in [-0.25, -0.2) is 9.37 Å². The van der Waals surface area contributed by atoms with E-state index in [4.69, 9.17) is 17.3 Å². The molecule has 0 saturated carbocycles. The minimum Gasteiger partial charge on any atom is -0.384 e. The Kier molecular flexibility index (Phi) is 6.01. The molecule has 0 unspecified atom stereocenters. The number of nitrogens with two attached hydrogens (primary N) is 1. The molecule has 5 rings (SSSR count). The average molecular weight is 525 g/mol. The molecule has 2 fully saturated rings. The second-order valence-corrected chi connectivity index (χ2v) is 9.42. The maximum Gasteiger partial charge on any atom is 0.408 e. The first-order chi connectivity index (χ1) is 17.0. The molecule has 0 bridgehead atoms. The number of likely N-dealkylation sites (tertiary alicyclic amines) is 2. The van der Waals surface area contributed by atoms with Crippen molar-refractivity contribution in [3.8, 4) is 0 Å². The summed E-state index contributed by atoms with van der Waals surface area (Å²) in [6.45, 7) is 0.142. The number of aromatic nitrogens is 3. The molecule has 2 amide bonds. The fourth-order valence-electron chi connectivity index (χ4n) is 4.83. The van der Waals surface area contributed by atoms with E-state index in [0.717, 1.165) is 11.1 Å². The minimum absolute atomic E-state index is 0.0200. The smallest absolute Gasteiger partial charge is 0.384 e. The van der Waals surface area contributed by atoms with Crippen LogP contribution in [0.5, 0.6) is 0 Å². The molecule has 36 heavy (non-hydrogen) atoms. The maximum absolute atomic E-state index is 14.1. The lowest BCUT2D eigenvalue weighted by Crippen LogP contribution is -2.49. The Morgan fingerprint density at radius 1 is 1.19 bits per heavy atom. The van der Waals surface area contributed by atoms with Crippen LogP contribution in [-0.2, 0) is 11.3 Å². The predicted molar refractivity (Wildman–Crippen MR) is 123 cm³/mol. The third kappa shape index (κ3) is 4.34. The minimum atomic E-state index is -4.49. The Hall–Kier alpha value is -3.41. The third-order valence-corrected chi connectivity index (χ3v) is 6.87. The molecule has 0 spiro atoms. The van der Waals surface area contributed by atoms with Gasteiger partial charge in [0.2, 0.25) is 5.91 Å². The summed E-state index contributed by atoms with van der Waals surface area (Å²) in [7, 11) is 0. The number of nitrogen functional groups attached to an aromatic ring is 1. The topological polar surface area (TPSA) is 97.3 Å². The fraction of sp³-hybridized carbons (Fsp3) is 0.391. The van der Waals surface area contributed by atoms with E-state index in [0.29, 0.717) is 21.6 Å². The molecule has 3 aromatic rings. The van der Waals surface area contributed by atoms with Crippen molar-refractivity contribution in [1.29, 1.82) is 0 Å². The van der Waals surface area contributed by atoms with Crippen LogP contribution in [0.15, 0.2) is 30.5 Å². The van der Waals surface area contributed by atoms with Crippen molar-refractivity contribution in [2.75, 3.05) is 25.4 Å². The highest BCUT2D eigenvalue weighted by molar-refractivity contribution is 6.31. The Balaban J connectivity index is 1.37. The van der Waals surface area contributed by atoms with Gasteiger partial charge in [-0.3, -0.25) is 14.3 Å². The van der Waals surface area contributed by atoms with Gasteiger partial charge in [0, 0.05) is 36.0 Å². The third-order valence-electron chi connectivity index (χ3n) is 6.64. The predicted octanol–water partition coefficient (Wildman–Crippen LogP) is 3.60. The number of carbonyl (C=O) groups is 2. The van der Waals surface area contributed by atoms with E-state index < -0.39 is 29.8 Å². The summed E-state index contributed by atoms with van der Waals surface area (Å²) < 4.78 is 55.5. The molecule has 1 aromatic carbocycles. The van der Waals surface area contributed by atoms with Crippen molar-refractivity contribution in [2.45, 2.75) is 37.5 Å². The lowest BCUT2D eigenvalue weighted by atomic mass is 9.93. The van der Waals surface area contributed by atoms with Crippen LogP contribution in [0.1, 0.15) is 34.8 Å². The van der Waals surface area contributed by atoms with Crippen molar-refractivity contribution in [3.63, 3.8) is 0 Å². The van der Waals surface area contributed by atoms with E-state index in [1.807, 2.05) is 0 Å². The summed E-state index contributed by atoms with van der Waals surface area (Å²) >= 11 is 6.17. The van der Waals surface area contributed by atoms with Crippen molar-refractivity contribution < 1.29 is 27.2 Å². The summed E-state index contributed by atoms with van der Waals surface area (Å²) in [5.74, 6) is -2.20. The number of hydrogen-bond acceptors (Lipinski definition) is 5. The zero-order valence-electron chi connectivity index (χ0n) is 18.8. The van der Waals surface area contributed by atoms with E-state index in [1.54, 1.807) is 18.2 Å². The van der Waals surface area contributed by atoms with E-state index in [2.05, 4.69) is 10.1 Å². The highest BCUT2D eigenvalue weighted by atomic mass is 35.5. The van der Waals surface area contributed by atoms with Crippen molar-refractivity contribution in [1.82, 2.24) is 24.6 Å². The monoisotopic (exact) mass is 524 g/mol. The normalized spacial score (nSPS) is 18.6. The van der Waals surface area contributed by atoms with Gasteiger partial charge in [-0.1, -0.05) is 11.6 Å². The van der Waals surface area contributed by atoms with Gasteiger partial charge in [0.25, 0.3) is 5.91 Å². The van der Waals surface area contributed by atoms with E-state index in [-0.39, 0.29) is 56.3 Å². The SMILES string of the molecule is Nc1cc(C(=O)N2CC(c3nn(CC(=O)N4CCC[C@H]4C(F)(F)F)c4ccc(Cl)cc34)C2)c(F)cn1. The molecule has 0 radical (unpaired) electrons. The van der Waals surface area contributed by atoms with Crippen LogP contribution in [0.4, 0.5) is 23.4 Å². The van der Waals surface area contributed by atoms with Crippen LogP contribution >= 0.6 is 11.6 Å². The number of halogens is 5. The van der Waals surface area contributed by atoms with E-state index in [9.17, 15) is 27.2 Å². The van der Waals surface area contributed by atoms with E-state index in [1.165, 1.54) is 15.6 Å². The number of carbonyl (C=O) groups excluding carboxylic acids is 2. The molecule has 2 saturated heterocycles. The van der Waals surface area contributed by atoms with Crippen LogP contribution in [0.3, 0.4) is 0 Å². The van der Waals surface area contributed by atoms with Crippen LogP contribution in [0.2, 0.25) is 5.02 Å². The van der Waals surface area contributed by atoms with Gasteiger partial charge in [0.1, 0.15) is 18.4 Å². The van der Waals surface area contributed by atoms with Gasteiger partial charge in [-0.2, -0.15) is 18.3 Å². The second-order valence-electron chi connectivity index (χ2n) is 8.99. The summed E-state index contributed by atoms with van der Waals surface area (Å²) in [6, 6.07) is 4.31. The van der Waals surface area contributed by atoms with Crippen LogP contribution in [0.25, 0.3) is 10.9 Å². The van der Waals surface area contributed by atoms with Crippen LogP contribution in [0, 0.1) is 5.82 Å². The summed E-state index contributed by atoms with van der Waals surface area (Å²) in [4.78, 5) is 31.5. The van der Waals surface area contributed by atoms with Gasteiger partial charge >= 0.3 is 6.18 Å². The number of hydrogen-bond donors (Lipinski definition) is 1. The lowest BCUT2D eigenvalue weighted by Gasteiger charge is -2.38. The summed E-state index contributed by atoms with van der Waals surface area (Å²) in [6.07, 6.45) is -3.44. The number of amides is 2. The number of pyridine rings is 1. The number of fused-ring (bicyclic) bond motifs is 1. The Labute approximate surface area is 207 Å². The Morgan fingerprint density at radius 2 is 1.94 bits per heavy atom. The number of anilines is 1. The van der Waals surface area contributed by atoms with Gasteiger partial charge < -0.3 is 15.5 Å². The number of alkyl halides is 3. The highest BCUT2D eigenvalue weighted by Gasteiger charge is 2.47. The molecular weight excluding hydrogens is 504 g/mol. The van der Waals surface area contributed by atoms with Gasteiger partial charge in [-0.05, 0) is 37.1 Å². The Bertz CT molecular complexity index is 1350. The second kappa shape index (κ2) is 8.91. The quantitative estimate of drug-likeness (QED) is 0.526. The van der Waals surface area contributed by atoms with Gasteiger partial charge in [0.05, 0.1) is 23.0 Å². The molecule has 4 heterocycles. The van der Waals surface area contributed by atoms with Gasteiger partial charge in [-0.15, -0.1) is 0 Å². The Morgan fingerprint density at radius 3 is 2.67 bits per heavy atom. The van der Waals surface area contributed by atoms with Crippen molar-refractivity contribution in [3.05, 3.63) is 52.6 Å². The largest absolute Gasteiger partial charge is 0.408 e. The molecular formula is C23H21ClF4N6O2. The highest BCUT2D eigenvalue weighted by Crippen LogP contribution is 2.35. The maximum atomic E-state index is 14.1. The molecule has 2 N–H and O–H groups in total. The van der Waals surface area contributed by atoms with Crippen LogP contribution in [-0.4, -0.2) is 68.2 Å². The molecule has 190 valence electrons. The zero-order valence-corrected chi connectivity index (χ0v) is 19.6. The van der Waals surface area contributed by atoms with Gasteiger partial charge in [0.15, 0.2) is 5.82 Å². The molecule has 2 aromatic heterocycles. The first-order valence-corrected chi connectivity index (χ1v) is 11.6. The molecule has 0 aliphatic carbocycles. The van der Waals surface area contributed by atoms with Crippen molar-refractivity contribution >= 4 is 40.1 Å². The molecule has 2 aliphatic rings. The van der Waals surface area contributed by atoms with E-state index >= 15 is 0 Å². The number of nitrogens with zero attached hydrogens (tertiary/aromatic N) is 5. The summed E-state index contributed by atoms with van der Waals surface area (Å²) in [5, 5.41) is 5.60. The fourth-order valence-corrected chi connectivity index (χ4v) is 5.00. The first-order valence-electron chi connectivity index (χ1n) is 11.3. The molecule has 8 nitrogen and oxygen atoms in total. The molecule has 2 aliphatic heterocycles. The average Bonchev–Trinajstić information content (AvgIpc) is 3.40. The molecule has 13 heteroatoms. The van der Waals surface area contributed by atoms with Crippen LogP contribution < -0.4 is 5.73 Å². The number of benzene rings is 1.